The normalized spacial score (nSPS) is 14.0. The number of carbonyl (C=O) groups excluding carboxylic acids is 1. The van der Waals surface area contributed by atoms with Crippen LogP contribution in [0.25, 0.3) is 0 Å². The van der Waals surface area contributed by atoms with E-state index < -0.39 is 0 Å². The second kappa shape index (κ2) is 7.95. The summed E-state index contributed by atoms with van der Waals surface area (Å²) in [5, 5.41) is 9.25. The third-order valence-electron chi connectivity index (χ3n) is 2.23. The maximum Gasteiger partial charge on any atom is 0.242 e. The minimum absolute atomic E-state index is 0.0659. The van der Waals surface area contributed by atoms with Gasteiger partial charge in [0.25, 0.3) is 0 Å². The standard InChI is InChI=1S/C13H28N4O/c1-7-10(3)16-12(14-8-2)15-9-11(18)17-13(4,5)6/h10H,7-9H2,1-6H3,(H,17,18)(H2,14,15,16). The van der Waals surface area contributed by atoms with Gasteiger partial charge < -0.3 is 16.0 Å². The van der Waals surface area contributed by atoms with Gasteiger partial charge in [0.05, 0.1) is 0 Å². The molecule has 0 saturated heterocycles. The number of carbonyl (C=O) groups is 1. The van der Waals surface area contributed by atoms with Crippen molar-refractivity contribution in [2.75, 3.05) is 13.1 Å². The van der Waals surface area contributed by atoms with Crippen molar-refractivity contribution >= 4 is 11.9 Å². The predicted molar refractivity (Wildman–Crippen MR) is 76.8 cm³/mol. The SMILES string of the molecule is CCNC(=NCC(=O)NC(C)(C)C)NC(C)CC. The van der Waals surface area contributed by atoms with E-state index in [1.165, 1.54) is 0 Å². The van der Waals surface area contributed by atoms with E-state index in [2.05, 4.69) is 34.8 Å². The molecule has 0 aliphatic rings. The molecule has 0 saturated carbocycles. The van der Waals surface area contributed by atoms with Gasteiger partial charge in [-0.2, -0.15) is 0 Å². The Morgan fingerprint density at radius 1 is 1.28 bits per heavy atom. The van der Waals surface area contributed by atoms with Crippen LogP contribution in [-0.4, -0.2) is 36.5 Å². The lowest BCUT2D eigenvalue weighted by Crippen LogP contribution is -2.44. The molecule has 0 aromatic heterocycles. The van der Waals surface area contributed by atoms with E-state index in [4.69, 9.17) is 0 Å². The van der Waals surface area contributed by atoms with Crippen molar-refractivity contribution in [3.63, 3.8) is 0 Å². The number of hydrogen-bond donors (Lipinski definition) is 3. The molecule has 5 heteroatoms. The minimum atomic E-state index is -0.213. The summed E-state index contributed by atoms with van der Waals surface area (Å²) in [6.07, 6.45) is 1.01. The molecule has 0 rings (SSSR count). The fourth-order valence-electron chi connectivity index (χ4n) is 1.26. The number of rotatable bonds is 5. The van der Waals surface area contributed by atoms with Crippen LogP contribution in [0.2, 0.25) is 0 Å². The highest BCUT2D eigenvalue weighted by Crippen LogP contribution is 1.97. The van der Waals surface area contributed by atoms with Crippen LogP contribution >= 0.6 is 0 Å². The average Bonchev–Trinajstić information content (AvgIpc) is 2.23. The van der Waals surface area contributed by atoms with Gasteiger partial charge in [-0.1, -0.05) is 6.92 Å². The van der Waals surface area contributed by atoms with Crippen LogP contribution in [-0.2, 0) is 4.79 Å². The Labute approximate surface area is 111 Å². The summed E-state index contributed by atoms with van der Waals surface area (Å²) in [5.74, 6) is 0.625. The van der Waals surface area contributed by atoms with Crippen molar-refractivity contribution in [1.82, 2.24) is 16.0 Å². The van der Waals surface area contributed by atoms with E-state index in [1.807, 2.05) is 27.7 Å². The molecule has 0 fully saturated rings. The van der Waals surface area contributed by atoms with Crippen LogP contribution < -0.4 is 16.0 Å². The van der Waals surface area contributed by atoms with Crippen LogP contribution in [0, 0.1) is 0 Å². The molecular weight excluding hydrogens is 228 g/mol. The summed E-state index contributed by atoms with van der Waals surface area (Å²) in [4.78, 5) is 15.9. The topological polar surface area (TPSA) is 65.5 Å². The van der Waals surface area contributed by atoms with Crippen LogP contribution in [0.1, 0.15) is 48.0 Å². The molecule has 1 atom stereocenters. The van der Waals surface area contributed by atoms with Crippen molar-refractivity contribution in [1.29, 1.82) is 0 Å². The largest absolute Gasteiger partial charge is 0.357 e. The maximum atomic E-state index is 11.6. The van der Waals surface area contributed by atoms with Crippen molar-refractivity contribution in [2.45, 2.75) is 59.5 Å². The van der Waals surface area contributed by atoms with Crippen molar-refractivity contribution in [3.05, 3.63) is 0 Å². The summed E-state index contributed by atoms with van der Waals surface area (Å²) in [5.41, 5.74) is -0.213. The molecule has 0 heterocycles. The number of nitrogens with zero attached hydrogens (tertiary/aromatic N) is 1. The Kier molecular flexibility index (Phi) is 7.39. The van der Waals surface area contributed by atoms with E-state index in [9.17, 15) is 4.79 Å². The lowest BCUT2D eigenvalue weighted by molar-refractivity contribution is -0.121. The number of aliphatic imine (C=N–C) groups is 1. The van der Waals surface area contributed by atoms with Crippen LogP contribution in [0.3, 0.4) is 0 Å². The first-order valence-electron chi connectivity index (χ1n) is 6.64. The molecule has 0 aliphatic carbocycles. The summed E-state index contributed by atoms with van der Waals surface area (Å²) in [6.45, 7) is 13.0. The Morgan fingerprint density at radius 2 is 1.89 bits per heavy atom. The highest BCUT2D eigenvalue weighted by atomic mass is 16.2. The summed E-state index contributed by atoms with van der Waals surface area (Å²) >= 11 is 0. The van der Waals surface area contributed by atoms with Crippen molar-refractivity contribution in [3.8, 4) is 0 Å². The fourth-order valence-corrected chi connectivity index (χ4v) is 1.26. The van der Waals surface area contributed by atoms with Gasteiger partial charge in [0, 0.05) is 18.1 Å². The molecule has 0 aliphatic heterocycles. The number of amides is 1. The molecule has 5 nitrogen and oxygen atoms in total. The second-order valence-corrected chi connectivity index (χ2v) is 5.45. The van der Waals surface area contributed by atoms with E-state index in [0.717, 1.165) is 13.0 Å². The molecule has 0 spiro atoms. The summed E-state index contributed by atoms with van der Waals surface area (Å²) in [7, 11) is 0. The maximum absolute atomic E-state index is 11.6. The molecule has 0 bridgehead atoms. The molecule has 1 amide bonds. The quantitative estimate of drug-likeness (QED) is 0.512. The van der Waals surface area contributed by atoms with Crippen LogP contribution in [0.4, 0.5) is 0 Å². The van der Waals surface area contributed by atoms with Crippen LogP contribution in [0.5, 0.6) is 0 Å². The zero-order valence-electron chi connectivity index (χ0n) is 12.6. The smallest absolute Gasteiger partial charge is 0.242 e. The monoisotopic (exact) mass is 256 g/mol. The summed E-state index contributed by atoms with van der Waals surface area (Å²) < 4.78 is 0. The van der Waals surface area contributed by atoms with Gasteiger partial charge in [0.15, 0.2) is 5.96 Å². The van der Waals surface area contributed by atoms with Gasteiger partial charge in [0.2, 0.25) is 5.91 Å². The molecule has 18 heavy (non-hydrogen) atoms. The Bertz CT molecular complexity index is 281. The van der Waals surface area contributed by atoms with Crippen molar-refractivity contribution in [2.24, 2.45) is 4.99 Å². The van der Waals surface area contributed by atoms with Gasteiger partial charge in [-0.05, 0) is 41.0 Å². The highest BCUT2D eigenvalue weighted by Gasteiger charge is 2.13. The zero-order chi connectivity index (χ0) is 14.2. The zero-order valence-corrected chi connectivity index (χ0v) is 12.6. The first-order chi connectivity index (χ1) is 8.28. The van der Waals surface area contributed by atoms with Gasteiger partial charge in [-0.25, -0.2) is 4.99 Å². The number of guanidine groups is 1. The van der Waals surface area contributed by atoms with Crippen LogP contribution in [0.15, 0.2) is 4.99 Å². The third kappa shape index (κ3) is 8.84. The van der Waals surface area contributed by atoms with Gasteiger partial charge >= 0.3 is 0 Å². The predicted octanol–water partition coefficient (Wildman–Crippen LogP) is 1.25. The first kappa shape index (κ1) is 16.7. The average molecular weight is 256 g/mol. The second-order valence-electron chi connectivity index (χ2n) is 5.45. The number of hydrogen-bond acceptors (Lipinski definition) is 2. The summed E-state index contributed by atoms with van der Waals surface area (Å²) in [6, 6.07) is 0.341. The molecule has 106 valence electrons. The Morgan fingerprint density at radius 3 is 2.33 bits per heavy atom. The first-order valence-corrected chi connectivity index (χ1v) is 6.64. The Hall–Kier alpha value is -1.26. The molecule has 3 N–H and O–H groups in total. The van der Waals surface area contributed by atoms with E-state index in [1.54, 1.807) is 0 Å². The van der Waals surface area contributed by atoms with Gasteiger partial charge in [0.1, 0.15) is 6.54 Å². The number of nitrogens with one attached hydrogen (secondary N) is 3. The van der Waals surface area contributed by atoms with Gasteiger partial charge in [-0.3, -0.25) is 4.79 Å². The lowest BCUT2D eigenvalue weighted by Gasteiger charge is -2.20. The minimum Gasteiger partial charge on any atom is -0.357 e. The van der Waals surface area contributed by atoms with Crippen molar-refractivity contribution < 1.29 is 4.79 Å². The Balaban J connectivity index is 4.34. The fraction of sp³-hybridized carbons (Fsp3) is 0.846. The molecular formula is C13H28N4O. The molecule has 0 aromatic carbocycles. The van der Waals surface area contributed by atoms with E-state index in [0.29, 0.717) is 12.0 Å². The highest BCUT2D eigenvalue weighted by molar-refractivity contribution is 5.85. The third-order valence-corrected chi connectivity index (χ3v) is 2.23. The van der Waals surface area contributed by atoms with Gasteiger partial charge in [-0.15, -0.1) is 0 Å². The molecule has 1 unspecified atom stereocenters. The van der Waals surface area contributed by atoms with E-state index in [-0.39, 0.29) is 18.0 Å². The lowest BCUT2D eigenvalue weighted by atomic mass is 10.1. The molecule has 0 radical (unpaired) electrons. The molecule has 0 aromatic rings. The van der Waals surface area contributed by atoms with E-state index >= 15 is 0 Å².